The molecule has 3 rings (SSSR count). The minimum Gasteiger partial charge on any atom is -0.309 e. The number of likely N-dealkylation sites (tertiary alicyclic amines) is 1. The van der Waals surface area contributed by atoms with Crippen LogP contribution in [0.1, 0.15) is 44.9 Å². The van der Waals surface area contributed by atoms with E-state index >= 15 is 0 Å². The van der Waals surface area contributed by atoms with E-state index in [0.29, 0.717) is 5.82 Å². The number of carbonyl (C=O) groups excluding carboxylic acids is 3. The van der Waals surface area contributed by atoms with Crippen molar-refractivity contribution in [1.29, 1.82) is 0 Å². The van der Waals surface area contributed by atoms with Gasteiger partial charge in [-0.3, -0.25) is 19.3 Å². The van der Waals surface area contributed by atoms with E-state index in [1.54, 1.807) is 11.8 Å². The Morgan fingerprint density at radius 1 is 1.22 bits per heavy atom. The van der Waals surface area contributed by atoms with Crippen molar-refractivity contribution >= 4 is 35.3 Å². The maximum absolute atomic E-state index is 12.3. The van der Waals surface area contributed by atoms with Gasteiger partial charge in [-0.25, -0.2) is 4.68 Å². The first-order chi connectivity index (χ1) is 10.8. The fourth-order valence-electron chi connectivity index (χ4n) is 2.74. The van der Waals surface area contributed by atoms with Crippen LogP contribution in [-0.4, -0.2) is 38.9 Å². The highest BCUT2D eigenvalue weighted by Crippen LogP contribution is 2.37. The maximum atomic E-state index is 12.3. The van der Waals surface area contributed by atoms with Crippen LogP contribution >= 0.6 is 11.8 Å². The van der Waals surface area contributed by atoms with Gasteiger partial charge in [0.1, 0.15) is 12.4 Å². The minimum absolute atomic E-state index is 0.193. The quantitative estimate of drug-likeness (QED) is 0.845. The molecule has 0 bridgehead atoms. The summed E-state index contributed by atoms with van der Waals surface area (Å²) < 4.78 is 1.82. The fourth-order valence-corrected chi connectivity index (χ4v) is 3.78. The van der Waals surface area contributed by atoms with Crippen LogP contribution < -0.4 is 5.32 Å². The second kappa shape index (κ2) is 5.67. The van der Waals surface area contributed by atoms with Crippen molar-refractivity contribution in [3.63, 3.8) is 0 Å². The normalized spacial score (nSPS) is 17.8. The van der Waals surface area contributed by atoms with Crippen molar-refractivity contribution in [2.75, 3.05) is 11.9 Å². The first-order valence-corrected chi connectivity index (χ1v) is 8.75. The zero-order valence-electron chi connectivity index (χ0n) is 13.5. The predicted molar refractivity (Wildman–Crippen MR) is 86.8 cm³/mol. The largest absolute Gasteiger partial charge is 0.309 e. The topological polar surface area (TPSA) is 84.3 Å². The first kappa shape index (κ1) is 16.0. The van der Waals surface area contributed by atoms with Gasteiger partial charge in [0.15, 0.2) is 0 Å². The standard InChI is InChI=1S/C15H20N4O3S/c1-15(2,3)19-14(9-7-23-8-10(9)17-19)16-11(20)6-18-12(21)4-5-13(18)22/h4-8H2,1-3H3,(H,16,20). The number of rotatable bonds is 3. The van der Waals surface area contributed by atoms with E-state index in [0.717, 1.165) is 27.7 Å². The van der Waals surface area contributed by atoms with Crippen molar-refractivity contribution < 1.29 is 14.4 Å². The van der Waals surface area contributed by atoms with E-state index in [4.69, 9.17) is 0 Å². The monoisotopic (exact) mass is 336 g/mol. The third-order valence-corrected chi connectivity index (χ3v) is 4.87. The Morgan fingerprint density at radius 3 is 2.48 bits per heavy atom. The highest BCUT2D eigenvalue weighted by Gasteiger charge is 2.32. The smallest absolute Gasteiger partial charge is 0.245 e. The molecule has 3 heterocycles. The zero-order chi connectivity index (χ0) is 16.8. The van der Waals surface area contributed by atoms with Gasteiger partial charge in [0.2, 0.25) is 17.7 Å². The third kappa shape index (κ3) is 2.99. The number of amides is 3. The molecule has 124 valence electrons. The lowest BCUT2D eigenvalue weighted by atomic mass is 10.1. The van der Waals surface area contributed by atoms with Crippen molar-refractivity contribution in [1.82, 2.24) is 14.7 Å². The summed E-state index contributed by atoms with van der Waals surface area (Å²) in [5.74, 6) is 1.40. The number of hydrogen-bond donors (Lipinski definition) is 1. The molecular formula is C15H20N4O3S. The van der Waals surface area contributed by atoms with Gasteiger partial charge in [-0.1, -0.05) is 0 Å². The number of nitrogens with zero attached hydrogens (tertiary/aromatic N) is 3. The van der Waals surface area contributed by atoms with Crippen LogP contribution in [0.15, 0.2) is 0 Å². The second-order valence-corrected chi connectivity index (χ2v) is 7.76. The average molecular weight is 336 g/mol. The molecular weight excluding hydrogens is 316 g/mol. The van der Waals surface area contributed by atoms with Gasteiger partial charge in [0.05, 0.1) is 11.2 Å². The van der Waals surface area contributed by atoms with E-state index in [9.17, 15) is 14.4 Å². The fraction of sp³-hybridized carbons (Fsp3) is 0.600. The Bertz CT molecular complexity index is 674. The number of carbonyl (C=O) groups is 3. The molecule has 7 nitrogen and oxygen atoms in total. The Hall–Kier alpha value is -1.83. The number of anilines is 1. The summed E-state index contributed by atoms with van der Waals surface area (Å²) in [7, 11) is 0. The summed E-state index contributed by atoms with van der Waals surface area (Å²) in [6.45, 7) is 5.83. The van der Waals surface area contributed by atoms with E-state index < -0.39 is 0 Å². The molecule has 0 aromatic carbocycles. The molecule has 1 aromatic heterocycles. The molecule has 1 saturated heterocycles. The van der Waals surface area contributed by atoms with E-state index in [2.05, 4.69) is 10.4 Å². The van der Waals surface area contributed by atoms with Crippen LogP contribution in [0.5, 0.6) is 0 Å². The Balaban J connectivity index is 1.81. The maximum Gasteiger partial charge on any atom is 0.245 e. The molecule has 2 aliphatic rings. The summed E-state index contributed by atoms with van der Waals surface area (Å²) >= 11 is 1.76. The van der Waals surface area contributed by atoms with Crippen LogP contribution in [-0.2, 0) is 31.4 Å². The number of imide groups is 1. The first-order valence-electron chi connectivity index (χ1n) is 7.59. The van der Waals surface area contributed by atoms with E-state index in [-0.39, 0.29) is 42.6 Å². The summed E-state index contributed by atoms with van der Waals surface area (Å²) in [6, 6.07) is 0. The average Bonchev–Trinajstić information content (AvgIpc) is 3.10. The lowest BCUT2D eigenvalue weighted by Crippen LogP contribution is -2.38. The van der Waals surface area contributed by atoms with Gasteiger partial charge in [-0.05, 0) is 20.8 Å². The van der Waals surface area contributed by atoms with Crippen LogP contribution in [0.2, 0.25) is 0 Å². The highest BCUT2D eigenvalue weighted by molar-refractivity contribution is 7.98. The van der Waals surface area contributed by atoms with E-state index in [1.807, 2.05) is 25.5 Å². The van der Waals surface area contributed by atoms with Gasteiger partial charge in [-0.2, -0.15) is 16.9 Å². The summed E-state index contributed by atoms with van der Waals surface area (Å²) in [5.41, 5.74) is 1.77. The zero-order valence-corrected chi connectivity index (χ0v) is 14.3. The molecule has 1 aromatic rings. The molecule has 0 atom stereocenters. The SMILES string of the molecule is CC(C)(C)n1nc2c(c1NC(=O)CN1C(=O)CCC1=O)CSC2. The van der Waals surface area contributed by atoms with Gasteiger partial charge < -0.3 is 5.32 Å². The lowest BCUT2D eigenvalue weighted by molar-refractivity contribution is -0.141. The summed E-state index contributed by atoms with van der Waals surface area (Å²) in [6.07, 6.45) is 0.385. The van der Waals surface area contributed by atoms with Crippen molar-refractivity contribution in [3.8, 4) is 0 Å². The van der Waals surface area contributed by atoms with Crippen LogP contribution in [0.25, 0.3) is 0 Å². The number of nitrogens with one attached hydrogen (secondary N) is 1. The minimum atomic E-state index is -0.362. The molecule has 8 heteroatoms. The van der Waals surface area contributed by atoms with Crippen molar-refractivity contribution in [2.45, 2.75) is 50.7 Å². The van der Waals surface area contributed by atoms with Crippen LogP contribution in [0.4, 0.5) is 5.82 Å². The van der Waals surface area contributed by atoms with Crippen LogP contribution in [0, 0.1) is 0 Å². The van der Waals surface area contributed by atoms with Crippen molar-refractivity contribution in [2.24, 2.45) is 0 Å². The summed E-state index contributed by atoms with van der Waals surface area (Å²) in [5, 5.41) is 7.48. The number of aromatic nitrogens is 2. The molecule has 1 N–H and O–H groups in total. The molecule has 0 radical (unpaired) electrons. The molecule has 23 heavy (non-hydrogen) atoms. The lowest BCUT2D eigenvalue weighted by Gasteiger charge is -2.23. The number of thioether (sulfide) groups is 1. The Labute approximate surface area is 138 Å². The molecule has 0 spiro atoms. The Kier molecular flexibility index (Phi) is 3.95. The molecule has 0 saturated carbocycles. The molecule has 3 amide bonds. The Morgan fingerprint density at radius 2 is 1.87 bits per heavy atom. The van der Waals surface area contributed by atoms with Gasteiger partial charge in [-0.15, -0.1) is 0 Å². The molecule has 2 aliphatic heterocycles. The second-order valence-electron chi connectivity index (χ2n) is 6.77. The predicted octanol–water partition coefficient (Wildman–Crippen LogP) is 1.47. The third-order valence-electron chi connectivity index (χ3n) is 3.90. The van der Waals surface area contributed by atoms with Gasteiger partial charge >= 0.3 is 0 Å². The molecule has 0 aliphatic carbocycles. The van der Waals surface area contributed by atoms with Gasteiger partial charge in [0, 0.05) is 29.9 Å². The summed E-state index contributed by atoms with van der Waals surface area (Å²) in [4.78, 5) is 36.6. The number of hydrogen-bond acceptors (Lipinski definition) is 5. The van der Waals surface area contributed by atoms with E-state index in [1.165, 1.54) is 0 Å². The van der Waals surface area contributed by atoms with Crippen molar-refractivity contribution in [3.05, 3.63) is 11.3 Å². The van der Waals surface area contributed by atoms with Gasteiger partial charge in [0.25, 0.3) is 0 Å². The number of fused-ring (bicyclic) bond motifs is 1. The highest BCUT2D eigenvalue weighted by atomic mass is 32.2. The molecule has 0 unspecified atom stereocenters. The molecule has 1 fully saturated rings. The van der Waals surface area contributed by atoms with Crippen LogP contribution in [0.3, 0.4) is 0 Å².